The van der Waals surface area contributed by atoms with Gasteiger partial charge in [0, 0.05) is 5.56 Å². The van der Waals surface area contributed by atoms with Crippen molar-refractivity contribution in [3.05, 3.63) is 75.8 Å². The van der Waals surface area contributed by atoms with E-state index in [4.69, 9.17) is 4.74 Å². The molecule has 0 saturated carbocycles. The molecule has 0 spiro atoms. The number of rotatable bonds is 8. The minimum Gasteiger partial charge on any atom is -0.507 e. The Morgan fingerprint density at radius 2 is 1.77 bits per heavy atom. The van der Waals surface area contributed by atoms with E-state index >= 15 is 0 Å². The number of unbranched alkanes of at least 4 members (excludes halogenated alkanes) is 1. The van der Waals surface area contributed by atoms with Crippen molar-refractivity contribution in [1.29, 1.82) is 0 Å². The van der Waals surface area contributed by atoms with Crippen LogP contribution in [0.1, 0.15) is 67.3 Å². The van der Waals surface area contributed by atoms with Crippen LogP contribution < -0.4 is 9.64 Å². The lowest BCUT2D eigenvalue weighted by atomic mass is 9.93. The molecule has 3 aromatic rings. The van der Waals surface area contributed by atoms with E-state index in [0.717, 1.165) is 18.4 Å². The van der Waals surface area contributed by atoms with E-state index in [9.17, 15) is 14.7 Å². The SMILES string of the molecule is CCCCOc1ccc(/C(O)=C2\C(=O)C(=O)N(c3nnc(C)s3)C2c2ccc(C(C)C)cc2)cc1. The van der Waals surface area contributed by atoms with Gasteiger partial charge >= 0.3 is 5.91 Å². The summed E-state index contributed by atoms with van der Waals surface area (Å²) in [4.78, 5) is 27.7. The van der Waals surface area contributed by atoms with E-state index in [0.29, 0.717) is 39.5 Å². The average Bonchev–Trinajstić information content (AvgIpc) is 3.39. The molecule has 1 saturated heterocycles. The van der Waals surface area contributed by atoms with Gasteiger partial charge in [-0.05, 0) is 54.7 Å². The standard InChI is InChI=1S/C27H29N3O4S/c1-5-6-15-34-21-13-11-20(12-14-21)24(31)22-23(19-9-7-18(8-10-19)16(2)3)30(26(33)25(22)32)27-29-28-17(4)35-27/h7-14,16,23,31H,5-6,15H2,1-4H3/b24-22+. The van der Waals surface area contributed by atoms with E-state index in [1.807, 2.05) is 24.3 Å². The molecule has 182 valence electrons. The fraction of sp³-hybridized carbons (Fsp3) is 0.333. The molecule has 1 atom stereocenters. The second kappa shape index (κ2) is 10.4. The van der Waals surface area contributed by atoms with Crippen LogP contribution >= 0.6 is 11.3 Å². The highest BCUT2D eigenvalue weighted by molar-refractivity contribution is 7.15. The Bertz CT molecular complexity index is 1250. The fourth-order valence-corrected chi connectivity index (χ4v) is 4.70. The third kappa shape index (κ3) is 4.98. The highest BCUT2D eigenvalue weighted by atomic mass is 32.1. The van der Waals surface area contributed by atoms with Gasteiger partial charge in [-0.3, -0.25) is 14.5 Å². The quantitative estimate of drug-likeness (QED) is 0.186. The zero-order valence-corrected chi connectivity index (χ0v) is 21.1. The minimum absolute atomic E-state index is 0.0276. The maximum atomic E-state index is 13.2. The van der Waals surface area contributed by atoms with Crippen LogP contribution in [-0.4, -0.2) is 33.6 Å². The van der Waals surface area contributed by atoms with Gasteiger partial charge in [-0.1, -0.05) is 62.8 Å². The van der Waals surface area contributed by atoms with Crippen LogP contribution in [-0.2, 0) is 9.59 Å². The number of benzene rings is 2. The molecule has 35 heavy (non-hydrogen) atoms. The van der Waals surface area contributed by atoms with Crippen LogP contribution in [0.3, 0.4) is 0 Å². The van der Waals surface area contributed by atoms with E-state index < -0.39 is 17.7 Å². The van der Waals surface area contributed by atoms with Crippen molar-refractivity contribution in [2.45, 2.75) is 52.5 Å². The first kappa shape index (κ1) is 24.6. The second-order valence-electron chi connectivity index (χ2n) is 8.82. The first-order valence-electron chi connectivity index (χ1n) is 11.8. The smallest absolute Gasteiger partial charge is 0.301 e. The number of nitrogens with zero attached hydrogens (tertiary/aromatic N) is 3. The summed E-state index contributed by atoms with van der Waals surface area (Å²) in [5.74, 6) is -0.707. The molecular weight excluding hydrogens is 462 g/mol. The van der Waals surface area contributed by atoms with Gasteiger partial charge in [0.15, 0.2) is 0 Å². The number of aliphatic hydroxyl groups is 1. The average molecular weight is 492 g/mol. The molecule has 0 bridgehead atoms. The Morgan fingerprint density at radius 1 is 1.09 bits per heavy atom. The molecule has 4 rings (SSSR count). The zero-order valence-electron chi connectivity index (χ0n) is 20.3. The third-order valence-corrected chi connectivity index (χ3v) is 6.82. The summed E-state index contributed by atoms with van der Waals surface area (Å²) < 4.78 is 5.70. The monoisotopic (exact) mass is 491 g/mol. The Kier molecular flexibility index (Phi) is 7.31. The molecule has 0 radical (unpaired) electrons. The van der Waals surface area contributed by atoms with Crippen LogP contribution in [0.4, 0.5) is 5.13 Å². The largest absolute Gasteiger partial charge is 0.507 e. The summed E-state index contributed by atoms with van der Waals surface area (Å²) in [5.41, 5.74) is 2.31. The first-order valence-corrected chi connectivity index (χ1v) is 12.6. The van der Waals surface area contributed by atoms with Gasteiger partial charge in [-0.25, -0.2) is 0 Å². The molecule has 2 aromatic carbocycles. The molecule has 8 heteroatoms. The van der Waals surface area contributed by atoms with Gasteiger partial charge in [0.25, 0.3) is 5.78 Å². The lowest BCUT2D eigenvalue weighted by Crippen LogP contribution is -2.29. The molecule has 1 aliphatic rings. The molecule has 1 unspecified atom stereocenters. The number of ether oxygens (including phenoxy) is 1. The van der Waals surface area contributed by atoms with Crippen LogP contribution in [0.2, 0.25) is 0 Å². The number of carbonyl (C=O) groups is 2. The summed E-state index contributed by atoms with van der Waals surface area (Å²) >= 11 is 1.23. The number of ketones is 1. The topological polar surface area (TPSA) is 92.6 Å². The molecule has 1 aliphatic heterocycles. The van der Waals surface area contributed by atoms with Crippen molar-refractivity contribution < 1.29 is 19.4 Å². The fourth-order valence-electron chi connectivity index (χ4n) is 3.99. The van der Waals surface area contributed by atoms with Crippen molar-refractivity contribution in [1.82, 2.24) is 10.2 Å². The lowest BCUT2D eigenvalue weighted by Gasteiger charge is -2.23. The van der Waals surface area contributed by atoms with Gasteiger partial charge in [-0.15, -0.1) is 10.2 Å². The highest BCUT2D eigenvalue weighted by Gasteiger charge is 2.48. The number of aliphatic hydroxyl groups excluding tert-OH is 1. The molecule has 1 amide bonds. The summed E-state index contributed by atoms with van der Waals surface area (Å²) in [7, 11) is 0. The highest BCUT2D eigenvalue weighted by Crippen LogP contribution is 2.43. The number of aromatic nitrogens is 2. The number of hydrogen-bond donors (Lipinski definition) is 1. The number of aryl methyl sites for hydroxylation is 1. The predicted octanol–water partition coefficient (Wildman–Crippen LogP) is 5.78. The van der Waals surface area contributed by atoms with Crippen molar-refractivity contribution >= 4 is 33.9 Å². The summed E-state index contributed by atoms with van der Waals surface area (Å²) in [5, 5.41) is 20.4. The first-order chi connectivity index (χ1) is 16.8. The maximum absolute atomic E-state index is 13.2. The molecule has 1 N–H and O–H groups in total. The normalized spacial score (nSPS) is 17.4. The van der Waals surface area contributed by atoms with E-state index in [2.05, 4.69) is 31.0 Å². The van der Waals surface area contributed by atoms with Crippen LogP contribution in [0.5, 0.6) is 5.75 Å². The van der Waals surface area contributed by atoms with Gasteiger partial charge in [0.2, 0.25) is 5.13 Å². The summed E-state index contributed by atoms with van der Waals surface area (Å²) in [6.45, 7) is 8.69. The lowest BCUT2D eigenvalue weighted by molar-refractivity contribution is -0.132. The van der Waals surface area contributed by atoms with Crippen molar-refractivity contribution in [3.63, 3.8) is 0 Å². The molecule has 1 aromatic heterocycles. The Morgan fingerprint density at radius 3 is 2.34 bits per heavy atom. The number of anilines is 1. The van der Waals surface area contributed by atoms with Crippen LogP contribution in [0.15, 0.2) is 54.1 Å². The van der Waals surface area contributed by atoms with E-state index in [-0.39, 0.29) is 11.3 Å². The molecule has 0 aliphatic carbocycles. The minimum atomic E-state index is -0.816. The Hall–Kier alpha value is -3.52. The van der Waals surface area contributed by atoms with E-state index in [1.165, 1.54) is 16.2 Å². The van der Waals surface area contributed by atoms with Crippen molar-refractivity contribution in [3.8, 4) is 5.75 Å². The van der Waals surface area contributed by atoms with Gasteiger partial charge < -0.3 is 9.84 Å². The number of carbonyl (C=O) groups excluding carboxylic acids is 2. The van der Waals surface area contributed by atoms with Crippen molar-refractivity contribution in [2.75, 3.05) is 11.5 Å². The molecule has 2 heterocycles. The number of hydrogen-bond acceptors (Lipinski definition) is 7. The summed E-state index contributed by atoms with van der Waals surface area (Å²) in [6.07, 6.45) is 1.98. The summed E-state index contributed by atoms with van der Waals surface area (Å²) in [6, 6.07) is 13.8. The Balaban J connectivity index is 1.79. The molecular formula is C27H29N3O4S. The maximum Gasteiger partial charge on any atom is 0.301 e. The van der Waals surface area contributed by atoms with Gasteiger partial charge in [-0.2, -0.15) is 0 Å². The third-order valence-electron chi connectivity index (χ3n) is 5.98. The van der Waals surface area contributed by atoms with Gasteiger partial charge in [0.1, 0.15) is 16.5 Å². The number of amides is 1. The Labute approximate surface area is 209 Å². The molecule has 7 nitrogen and oxygen atoms in total. The van der Waals surface area contributed by atoms with Crippen LogP contribution in [0.25, 0.3) is 5.76 Å². The van der Waals surface area contributed by atoms with Crippen LogP contribution in [0, 0.1) is 6.92 Å². The second-order valence-corrected chi connectivity index (χ2v) is 9.98. The van der Waals surface area contributed by atoms with Crippen molar-refractivity contribution in [2.24, 2.45) is 0 Å². The van der Waals surface area contributed by atoms with E-state index in [1.54, 1.807) is 31.2 Å². The number of Topliss-reactive ketones (excluding diaryl/α,β-unsaturated/α-hetero) is 1. The van der Waals surface area contributed by atoms with Gasteiger partial charge in [0.05, 0.1) is 18.2 Å². The zero-order chi connectivity index (χ0) is 25.1. The predicted molar refractivity (Wildman–Crippen MR) is 137 cm³/mol. The molecule has 1 fully saturated rings.